The fourth-order valence-electron chi connectivity index (χ4n) is 4.10. The summed E-state index contributed by atoms with van der Waals surface area (Å²) in [6.07, 6.45) is 15.9. The molecular formula is C37H29N4OPt2-3. The van der Waals surface area contributed by atoms with Crippen LogP contribution in [0, 0.1) is 49.5 Å². The van der Waals surface area contributed by atoms with Crippen molar-refractivity contribution >= 4 is 5.69 Å². The van der Waals surface area contributed by atoms with Crippen LogP contribution in [0.3, 0.4) is 0 Å². The van der Waals surface area contributed by atoms with Gasteiger partial charge in [0.25, 0.3) is 0 Å². The maximum atomic E-state index is 6.57. The molecule has 0 amide bonds. The van der Waals surface area contributed by atoms with Crippen molar-refractivity contribution in [2.75, 3.05) is 11.9 Å². The Morgan fingerprint density at radius 2 is 1.68 bits per heavy atom. The minimum atomic E-state index is -0.0512. The van der Waals surface area contributed by atoms with Gasteiger partial charge >= 0.3 is 21.1 Å². The molecule has 3 aromatic carbocycles. The molecule has 0 aliphatic carbocycles. The third kappa shape index (κ3) is 9.09. The van der Waals surface area contributed by atoms with Gasteiger partial charge in [-0.1, -0.05) is 26.5 Å². The molecule has 0 unspecified atom stereocenters. The molecule has 3 heterocycles. The van der Waals surface area contributed by atoms with E-state index in [-0.39, 0.29) is 47.5 Å². The van der Waals surface area contributed by atoms with Gasteiger partial charge in [-0.05, 0) is 43.2 Å². The normalized spacial score (nSPS) is 11.9. The number of rotatable bonds is 5. The van der Waals surface area contributed by atoms with Crippen LogP contribution < -0.4 is 9.64 Å². The SMILES string of the molecule is CN1C=CN(c2[c-]c(Oc3[c-]c(-c4[c-]c(-c5[c-]cccc5)ccn4)[c-]cc3)cc(C(C)(C)C)c2)[CH-]1.[C-]#Cn1cccc1.[Pt+4].[Pt]. The van der Waals surface area contributed by atoms with Crippen LogP contribution in [0.4, 0.5) is 5.69 Å². The Morgan fingerprint density at radius 3 is 2.32 bits per heavy atom. The predicted molar refractivity (Wildman–Crippen MR) is 165 cm³/mol. The second kappa shape index (κ2) is 15.8. The Hall–Kier alpha value is -3.83. The maximum Gasteiger partial charge on any atom is 4.00 e. The zero-order valence-corrected chi connectivity index (χ0v) is 29.2. The van der Waals surface area contributed by atoms with Gasteiger partial charge in [-0.2, -0.15) is 48.8 Å². The van der Waals surface area contributed by atoms with E-state index in [4.69, 9.17) is 11.2 Å². The van der Waals surface area contributed by atoms with Gasteiger partial charge in [0, 0.05) is 39.2 Å². The van der Waals surface area contributed by atoms with Crippen molar-refractivity contribution in [2.45, 2.75) is 26.2 Å². The van der Waals surface area contributed by atoms with E-state index < -0.39 is 0 Å². The van der Waals surface area contributed by atoms with Crippen LogP contribution in [0.15, 0.2) is 97.7 Å². The predicted octanol–water partition coefficient (Wildman–Crippen LogP) is 7.73. The third-order valence-corrected chi connectivity index (χ3v) is 6.34. The third-order valence-electron chi connectivity index (χ3n) is 6.34. The van der Waals surface area contributed by atoms with Gasteiger partial charge in [0.1, 0.15) is 0 Å². The van der Waals surface area contributed by atoms with Crippen LogP contribution >= 0.6 is 0 Å². The van der Waals surface area contributed by atoms with Crippen LogP contribution in [-0.2, 0) is 47.5 Å². The summed E-state index contributed by atoms with van der Waals surface area (Å²) in [6.45, 7) is 8.56. The topological polar surface area (TPSA) is 33.5 Å². The van der Waals surface area contributed by atoms with E-state index in [9.17, 15) is 0 Å². The van der Waals surface area contributed by atoms with E-state index >= 15 is 0 Å². The molecule has 0 atom stereocenters. The zero-order valence-electron chi connectivity index (χ0n) is 24.6. The smallest absolute Gasteiger partial charge is 0.669 e. The fourth-order valence-corrected chi connectivity index (χ4v) is 4.10. The van der Waals surface area contributed by atoms with Gasteiger partial charge in [0.05, 0.1) is 0 Å². The fraction of sp³-hybridized carbons (Fsp3) is 0.135. The Morgan fingerprint density at radius 1 is 0.886 bits per heavy atom. The molecule has 0 saturated heterocycles. The van der Waals surface area contributed by atoms with Gasteiger partial charge in [-0.25, -0.2) is 23.2 Å². The molecule has 1 aliphatic heterocycles. The molecule has 0 bridgehead atoms. The molecule has 5 aromatic rings. The molecular weight excluding hydrogens is 907 g/mol. The van der Waals surface area contributed by atoms with Crippen LogP contribution in [0.5, 0.6) is 11.5 Å². The van der Waals surface area contributed by atoms with Crippen molar-refractivity contribution in [1.82, 2.24) is 14.5 Å². The summed E-state index contributed by atoms with van der Waals surface area (Å²) in [5.41, 5.74) is 5.23. The molecule has 0 fully saturated rings. The second-order valence-corrected chi connectivity index (χ2v) is 10.6. The zero-order chi connectivity index (χ0) is 29.5. The molecule has 0 radical (unpaired) electrons. The largest absolute Gasteiger partial charge is 4.00 e. The Bertz CT molecular complexity index is 1700. The summed E-state index contributed by atoms with van der Waals surface area (Å²) in [5, 5.41) is 0. The van der Waals surface area contributed by atoms with Gasteiger partial charge in [0.15, 0.2) is 0 Å². The quantitative estimate of drug-likeness (QED) is 0.134. The first kappa shape index (κ1) is 34.7. The summed E-state index contributed by atoms with van der Waals surface area (Å²) < 4.78 is 7.80. The number of pyridine rings is 1. The Balaban J connectivity index is 0.000000520. The Kier molecular flexibility index (Phi) is 12.4. The number of ether oxygens (including phenoxy) is 1. The summed E-state index contributed by atoms with van der Waals surface area (Å²) in [5.74, 6) is 1.19. The number of aromatic nitrogens is 2. The van der Waals surface area contributed by atoms with Crippen LogP contribution in [-0.4, -0.2) is 21.5 Å². The summed E-state index contributed by atoms with van der Waals surface area (Å²) in [7, 11) is 1.99. The molecule has 1 aliphatic rings. The van der Waals surface area contributed by atoms with Crippen LogP contribution in [0.2, 0.25) is 0 Å². The van der Waals surface area contributed by atoms with E-state index in [0.29, 0.717) is 22.8 Å². The number of hydrogen-bond acceptors (Lipinski definition) is 4. The maximum absolute atomic E-state index is 6.57. The van der Waals surface area contributed by atoms with E-state index in [1.54, 1.807) is 23.2 Å². The molecule has 226 valence electrons. The van der Waals surface area contributed by atoms with Crippen molar-refractivity contribution in [3.63, 3.8) is 0 Å². The standard InChI is InChI=1S/C31H25N3O.C6H4N.2Pt/c1-31(2,3)26-19-27(34-16-15-33(4)22-34)21-29(20-26)35-28-12-8-11-25(17-28)30-18-24(13-14-32-30)23-9-6-5-7-10-23;1-2-7-5-3-4-6-7;;/h5-9,12-16,19-20,22H,1-4H3;3-6H;;/q-6;-1;;+4. The van der Waals surface area contributed by atoms with Crippen molar-refractivity contribution in [3.8, 4) is 39.9 Å². The minimum absolute atomic E-state index is 0. The van der Waals surface area contributed by atoms with Gasteiger partial charge in [-0.15, -0.1) is 35.5 Å². The van der Waals surface area contributed by atoms with E-state index in [1.165, 1.54) is 0 Å². The van der Waals surface area contributed by atoms with E-state index in [2.05, 4.69) is 68.2 Å². The summed E-state index contributed by atoms with van der Waals surface area (Å²) >= 11 is 0. The first-order valence-corrected chi connectivity index (χ1v) is 13.4. The summed E-state index contributed by atoms with van der Waals surface area (Å²) in [6, 6.07) is 39.9. The number of anilines is 1. The Labute approximate surface area is 290 Å². The van der Waals surface area contributed by atoms with Crippen LogP contribution in [0.1, 0.15) is 26.3 Å². The molecule has 0 spiro atoms. The van der Waals surface area contributed by atoms with Gasteiger partial charge in [-0.3, -0.25) is 12.1 Å². The van der Waals surface area contributed by atoms with E-state index in [0.717, 1.165) is 22.4 Å². The van der Waals surface area contributed by atoms with Crippen LogP contribution in [0.25, 0.3) is 22.4 Å². The number of hydrogen-bond donors (Lipinski definition) is 0. The molecule has 5 nitrogen and oxygen atoms in total. The molecule has 0 N–H and O–H groups in total. The van der Waals surface area contributed by atoms with Gasteiger partial charge < -0.3 is 42.1 Å². The average Bonchev–Trinajstić information content (AvgIpc) is 3.70. The van der Waals surface area contributed by atoms with Crippen molar-refractivity contribution in [2.24, 2.45) is 0 Å². The molecule has 44 heavy (non-hydrogen) atoms. The molecule has 2 aromatic heterocycles. The molecule has 0 saturated carbocycles. The first-order valence-electron chi connectivity index (χ1n) is 13.4. The van der Waals surface area contributed by atoms with E-state index in [1.807, 2.05) is 96.6 Å². The first-order chi connectivity index (χ1) is 20.3. The van der Waals surface area contributed by atoms with Crippen molar-refractivity contribution in [1.29, 1.82) is 0 Å². The monoisotopic (exact) mass is 935 g/mol. The number of nitrogens with zero attached hydrogens (tertiary/aromatic N) is 4. The second-order valence-electron chi connectivity index (χ2n) is 10.6. The molecule has 7 heteroatoms. The molecule has 6 rings (SSSR count). The minimum Gasteiger partial charge on any atom is -0.669 e. The van der Waals surface area contributed by atoms with Crippen molar-refractivity contribution < 1.29 is 46.9 Å². The summed E-state index contributed by atoms with van der Waals surface area (Å²) in [4.78, 5) is 8.51. The van der Waals surface area contributed by atoms with Crippen molar-refractivity contribution in [3.05, 3.63) is 147 Å². The van der Waals surface area contributed by atoms with Gasteiger partial charge in [0.2, 0.25) is 0 Å². The number of benzene rings is 3. The average molecular weight is 936 g/mol.